The van der Waals surface area contributed by atoms with Crippen LogP contribution in [-0.2, 0) is 6.42 Å². The van der Waals surface area contributed by atoms with E-state index >= 15 is 0 Å². The molecule has 2 atom stereocenters. The summed E-state index contributed by atoms with van der Waals surface area (Å²) < 4.78 is 0. The van der Waals surface area contributed by atoms with E-state index < -0.39 is 0 Å². The zero-order valence-corrected chi connectivity index (χ0v) is 13.5. The van der Waals surface area contributed by atoms with Gasteiger partial charge in [-0.25, -0.2) is 0 Å². The fourth-order valence-corrected chi connectivity index (χ4v) is 4.74. The second-order valence-corrected chi connectivity index (χ2v) is 7.68. The molecule has 0 radical (unpaired) electrons. The van der Waals surface area contributed by atoms with Crippen LogP contribution in [0.5, 0.6) is 0 Å². The molecule has 114 valence electrons. The van der Waals surface area contributed by atoms with Crippen LogP contribution in [0.25, 0.3) is 10.9 Å². The maximum absolute atomic E-state index is 3.61. The van der Waals surface area contributed by atoms with Crippen LogP contribution in [0.15, 0.2) is 29.8 Å². The molecule has 22 heavy (non-hydrogen) atoms. The third-order valence-electron chi connectivity index (χ3n) is 5.94. The molecule has 1 aliphatic heterocycles. The predicted molar refractivity (Wildman–Crippen MR) is 91.3 cm³/mol. The molecule has 1 fully saturated rings. The Bertz CT molecular complexity index is 778. The molecular formula is C20H24N2. The summed E-state index contributed by atoms with van der Waals surface area (Å²) in [6.07, 6.45) is 6.65. The Kier molecular flexibility index (Phi) is 2.64. The van der Waals surface area contributed by atoms with Crippen molar-refractivity contribution in [1.82, 2.24) is 9.88 Å². The summed E-state index contributed by atoms with van der Waals surface area (Å²) in [4.78, 5) is 6.39. The molecule has 0 spiro atoms. The van der Waals surface area contributed by atoms with Crippen LogP contribution in [0.1, 0.15) is 42.5 Å². The van der Waals surface area contributed by atoms with Gasteiger partial charge < -0.3 is 4.98 Å². The fourth-order valence-electron chi connectivity index (χ4n) is 4.74. The predicted octanol–water partition coefficient (Wildman–Crippen LogP) is 4.16. The van der Waals surface area contributed by atoms with Gasteiger partial charge in [0.25, 0.3) is 0 Å². The van der Waals surface area contributed by atoms with Crippen molar-refractivity contribution in [3.8, 4) is 0 Å². The van der Waals surface area contributed by atoms with E-state index in [1.54, 1.807) is 16.7 Å². The molecule has 1 saturated carbocycles. The number of hydrogen-bond acceptors (Lipinski definition) is 1. The Labute approximate surface area is 132 Å². The van der Waals surface area contributed by atoms with E-state index in [0.29, 0.717) is 12.0 Å². The first-order valence-corrected chi connectivity index (χ1v) is 8.72. The zero-order chi connectivity index (χ0) is 14.8. The third-order valence-corrected chi connectivity index (χ3v) is 5.94. The van der Waals surface area contributed by atoms with E-state index in [0.717, 1.165) is 5.92 Å². The fraction of sp³-hybridized carbons (Fsp3) is 0.500. The van der Waals surface area contributed by atoms with Gasteiger partial charge in [-0.3, -0.25) is 4.90 Å². The number of aryl methyl sites for hydroxylation is 1. The lowest BCUT2D eigenvalue weighted by atomic mass is 9.76. The van der Waals surface area contributed by atoms with Crippen molar-refractivity contribution in [2.45, 2.75) is 45.1 Å². The van der Waals surface area contributed by atoms with Gasteiger partial charge in [0.15, 0.2) is 0 Å². The molecule has 2 nitrogen and oxygen atoms in total. The topological polar surface area (TPSA) is 19.0 Å². The molecule has 0 unspecified atom stereocenters. The van der Waals surface area contributed by atoms with Gasteiger partial charge in [0, 0.05) is 41.6 Å². The van der Waals surface area contributed by atoms with Gasteiger partial charge in [0.2, 0.25) is 0 Å². The van der Waals surface area contributed by atoms with E-state index in [-0.39, 0.29) is 0 Å². The lowest BCUT2D eigenvalue weighted by Gasteiger charge is -2.43. The first-order chi connectivity index (χ1) is 10.7. The Balaban J connectivity index is 1.66. The summed E-state index contributed by atoms with van der Waals surface area (Å²) in [7, 11) is 0. The van der Waals surface area contributed by atoms with E-state index in [9.17, 15) is 0 Å². The molecule has 0 saturated heterocycles. The summed E-state index contributed by atoms with van der Waals surface area (Å²) >= 11 is 0. The Morgan fingerprint density at radius 1 is 1.23 bits per heavy atom. The highest BCUT2D eigenvalue weighted by molar-refractivity contribution is 5.90. The van der Waals surface area contributed by atoms with Crippen LogP contribution < -0.4 is 0 Å². The highest BCUT2D eigenvalue weighted by Gasteiger charge is 2.39. The van der Waals surface area contributed by atoms with Crippen LogP contribution in [0, 0.1) is 12.8 Å². The smallest absolute Gasteiger partial charge is 0.0461 e. The molecule has 1 aromatic carbocycles. The minimum Gasteiger partial charge on any atom is -0.358 e. The highest BCUT2D eigenvalue weighted by Crippen LogP contribution is 2.44. The summed E-state index contributed by atoms with van der Waals surface area (Å²) in [5.41, 5.74) is 7.37. The van der Waals surface area contributed by atoms with Crippen LogP contribution in [0.2, 0.25) is 0 Å². The number of aromatic amines is 1. The largest absolute Gasteiger partial charge is 0.358 e. The van der Waals surface area contributed by atoms with Gasteiger partial charge in [-0.05, 0) is 56.2 Å². The zero-order valence-electron chi connectivity index (χ0n) is 13.5. The maximum Gasteiger partial charge on any atom is 0.0461 e. The molecule has 2 aromatic rings. The van der Waals surface area contributed by atoms with Crippen molar-refractivity contribution >= 4 is 10.9 Å². The summed E-state index contributed by atoms with van der Waals surface area (Å²) in [5, 5.41) is 1.51. The van der Waals surface area contributed by atoms with Crippen molar-refractivity contribution in [2.24, 2.45) is 5.92 Å². The lowest BCUT2D eigenvalue weighted by Crippen LogP contribution is -2.46. The molecule has 3 aliphatic rings. The van der Waals surface area contributed by atoms with Crippen LogP contribution >= 0.6 is 0 Å². The van der Waals surface area contributed by atoms with Crippen molar-refractivity contribution < 1.29 is 0 Å². The number of nitrogens with one attached hydrogen (secondary N) is 1. The number of rotatable bonds is 2. The molecule has 1 aromatic heterocycles. The van der Waals surface area contributed by atoms with Crippen molar-refractivity contribution in [3.63, 3.8) is 0 Å². The minimum atomic E-state index is 0.582. The maximum atomic E-state index is 3.61. The van der Waals surface area contributed by atoms with Gasteiger partial charge in [-0.15, -0.1) is 0 Å². The lowest BCUT2D eigenvalue weighted by molar-refractivity contribution is 0.174. The first-order valence-electron chi connectivity index (χ1n) is 8.72. The molecule has 0 bridgehead atoms. The molecule has 2 heterocycles. The van der Waals surface area contributed by atoms with Gasteiger partial charge >= 0.3 is 0 Å². The standard InChI is InChI=1S/C20H24N2/c1-12-8-17-15-4-3-5-18-20(15)16(13(2)21-18)9-19(17)22(10-12)11-14-6-7-14/h3-5,8,14,17,19,21H,6-7,9-11H2,1-2H3/t17-,19-/m1/s1. The Morgan fingerprint density at radius 3 is 2.91 bits per heavy atom. The van der Waals surface area contributed by atoms with Crippen LogP contribution in [0.4, 0.5) is 0 Å². The van der Waals surface area contributed by atoms with E-state index in [1.165, 1.54) is 48.9 Å². The van der Waals surface area contributed by atoms with Crippen molar-refractivity contribution in [3.05, 3.63) is 46.7 Å². The monoisotopic (exact) mass is 292 g/mol. The number of hydrogen-bond donors (Lipinski definition) is 1. The Morgan fingerprint density at radius 2 is 2.09 bits per heavy atom. The molecule has 0 amide bonds. The molecular weight excluding hydrogens is 268 g/mol. The molecule has 2 heteroatoms. The minimum absolute atomic E-state index is 0.582. The van der Waals surface area contributed by atoms with Gasteiger partial charge in [-0.2, -0.15) is 0 Å². The molecule has 1 N–H and O–H groups in total. The second kappa shape index (κ2) is 4.48. The van der Waals surface area contributed by atoms with Gasteiger partial charge in [0.05, 0.1) is 0 Å². The van der Waals surface area contributed by atoms with Crippen LogP contribution in [0.3, 0.4) is 0 Å². The van der Waals surface area contributed by atoms with Gasteiger partial charge in [-0.1, -0.05) is 23.8 Å². The average Bonchev–Trinajstić information content (AvgIpc) is 3.25. The van der Waals surface area contributed by atoms with Gasteiger partial charge in [0.1, 0.15) is 0 Å². The number of nitrogens with zero attached hydrogens (tertiary/aromatic N) is 1. The molecule has 5 rings (SSSR count). The van der Waals surface area contributed by atoms with E-state index in [2.05, 4.69) is 48.0 Å². The average molecular weight is 292 g/mol. The number of H-pyrrole nitrogens is 1. The van der Waals surface area contributed by atoms with Crippen LogP contribution in [-0.4, -0.2) is 29.0 Å². The van der Waals surface area contributed by atoms with E-state index in [1.807, 2.05) is 0 Å². The number of aromatic nitrogens is 1. The highest BCUT2D eigenvalue weighted by atomic mass is 15.2. The van der Waals surface area contributed by atoms with Crippen molar-refractivity contribution in [1.29, 1.82) is 0 Å². The number of benzene rings is 1. The second-order valence-electron chi connectivity index (χ2n) is 7.68. The quantitative estimate of drug-likeness (QED) is 0.824. The first kappa shape index (κ1) is 13.0. The number of fused-ring (bicyclic) bond motifs is 2. The molecule has 2 aliphatic carbocycles. The summed E-state index contributed by atoms with van der Waals surface area (Å²) in [5.74, 6) is 1.55. The Hall–Kier alpha value is -1.54. The van der Waals surface area contributed by atoms with E-state index in [4.69, 9.17) is 0 Å². The normalized spacial score (nSPS) is 27.8. The SMILES string of the molecule is CC1=C[C@@H]2c3cccc4[nH]c(C)c(c34)C[C@H]2N(CC2CC2)C1. The van der Waals surface area contributed by atoms with Crippen molar-refractivity contribution in [2.75, 3.05) is 13.1 Å². The third kappa shape index (κ3) is 1.83. The summed E-state index contributed by atoms with van der Waals surface area (Å²) in [6.45, 7) is 7.04. The summed E-state index contributed by atoms with van der Waals surface area (Å²) in [6, 6.07) is 7.48.